The number of carbonyl (C=O) groups excluding carboxylic acids is 1. The van der Waals surface area contributed by atoms with Crippen molar-refractivity contribution in [2.24, 2.45) is 0 Å². The SMILES string of the molecule is CCCNC(=O)CN(C)c1ncnc(N)c1C. The van der Waals surface area contributed by atoms with Crippen LogP contribution >= 0.6 is 0 Å². The van der Waals surface area contributed by atoms with Crippen molar-refractivity contribution in [1.29, 1.82) is 0 Å². The van der Waals surface area contributed by atoms with Crippen molar-refractivity contribution >= 4 is 17.5 Å². The predicted molar refractivity (Wildman–Crippen MR) is 67.8 cm³/mol. The molecule has 1 heterocycles. The molecule has 0 aliphatic carbocycles. The van der Waals surface area contributed by atoms with Crippen molar-refractivity contribution in [3.8, 4) is 0 Å². The third-order valence-corrected chi connectivity index (χ3v) is 2.41. The van der Waals surface area contributed by atoms with Crippen molar-refractivity contribution in [3.05, 3.63) is 11.9 Å². The minimum atomic E-state index is -0.0223. The number of rotatable bonds is 5. The quantitative estimate of drug-likeness (QED) is 0.771. The highest BCUT2D eigenvalue weighted by molar-refractivity contribution is 5.81. The van der Waals surface area contributed by atoms with Crippen molar-refractivity contribution in [2.45, 2.75) is 20.3 Å². The highest BCUT2D eigenvalue weighted by Gasteiger charge is 2.12. The number of aromatic nitrogens is 2. The van der Waals surface area contributed by atoms with E-state index in [1.807, 2.05) is 13.8 Å². The molecule has 0 saturated carbocycles. The average molecular weight is 237 g/mol. The molecule has 0 spiro atoms. The molecule has 1 rings (SSSR count). The normalized spacial score (nSPS) is 10.1. The predicted octanol–water partition coefficient (Wildman–Crippen LogP) is 0.330. The van der Waals surface area contributed by atoms with Crippen LogP contribution in [-0.4, -0.2) is 36.0 Å². The van der Waals surface area contributed by atoms with E-state index in [0.717, 1.165) is 12.0 Å². The number of nitrogen functional groups attached to an aromatic ring is 1. The van der Waals surface area contributed by atoms with Crippen LogP contribution in [0.25, 0.3) is 0 Å². The van der Waals surface area contributed by atoms with E-state index in [1.165, 1.54) is 6.33 Å². The molecule has 0 unspecified atom stereocenters. The summed E-state index contributed by atoms with van der Waals surface area (Å²) in [7, 11) is 1.81. The first-order chi connectivity index (χ1) is 8.06. The molecule has 17 heavy (non-hydrogen) atoms. The average Bonchev–Trinajstić information content (AvgIpc) is 2.29. The van der Waals surface area contributed by atoms with Crippen molar-refractivity contribution < 1.29 is 4.79 Å². The first-order valence-electron chi connectivity index (χ1n) is 5.61. The summed E-state index contributed by atoms with van der Waals surface area (Å²) in [4.78, 5) is 21.3. The first-order valence-corrected chi connectivity index (χ1v) is 5.61. The van der Waals surface area contributed by atoms with Gasteiger partial charge in [-0.2, -0.15) is 0 Å². The third-order valence-electron chi connectivity index (χ3n) is 2.41. The molecule has 1 aromatic heterocycles. The number of nitrogens with zero attached hydrogens (tertiary/aromatic N) is 3. The molecule has 0 atom stereocenters. The number of carbonyl (C=O) groups is 1. The second-order valence-electron chi connectivity index (χ2n) is 3.91. The highest BCUT2D eigenvalue weighted by Crippen LogP contribution is 2.18. The number of anilines is 2. The van der Waals surface area contributed by atoms with Crippen LogP contribution in [0.2, 0.25) is 0 Å². The minimum Gasteiger partial charge on any atom is -0.383 e. The Morgan fingerprint density at radius 1 is 1.53 bits per heavy atom. The van der Waals surface area contributed by atoms with Crippen LogP contribution in [0.1, 0.15) is 18.9 Å². The molecule has 3 N–H and O–H groups in total. The Balaban J connectivity index is 2.66. The van der Waals surface area contributed by atoms with Crippen LogP contribution in [0.15, 0.2) is 6.33 Å². The molecule has 1 amide bonds. The summed E-state index contributed by atoms with van der Waals surface area (Å²) in [5, 5.41) is 2.81. The fourth-order valence-corrected chi connectivity index (χ4v) is 1.45. The highest BCUT2D eigenvalue weighted by atomic mass is 16.2. The molecular formula is C11H19N5O. The summed E-state index contributed by atoms with van der Waals surface area (Å²) in [5.41, 5.74) is 6.48. The van der Waals surface area contributed by atoms with Crippen LogP contribution in [0.3, 0.4) is 0 Å². The lowest BCUT2D eigenvalue weighted by Gasteiger charge is -2.19. The Hall–Kier alpha value is -1.85. The Morgan fingerprint density at radius 3 is 2.88 bits per heavy atom. The number of hydrogen-bond acceptors (Lipinski definition) is 5. The zero-order valence-electron chi connectivity index (χ0n) is 10.5. The smallest absolute Gasteiger partial charge is 0.239 e. The van der Waals surface area contributed by atoms with Gasteiger partial charge in [0.05, 0.1) is 6.54 Å². The van der Waals surface area contributed by atoms with Crippen LogP contribution in [0, 0.1) is 6.92 Å². The molecule has 0 aliphatic rings. The van der Waals surface area contributed by atoms with Crippen molar-refractivity contribution in [3.63, 3.8) is 0 Å². The molecule has 0 bridgehead atoms. The maximum atomic E-state index is 11.6. The topological polar surface area (TPSA) is 84.1 Å². The molecule has 0 saturated heterocycles. The van der Waals surface area contributed by atoms with Gasteiger partial charge in [-0.15, -0.1) is 0 Å². The Kier molecular flexibility index (Phi) is 4.68. The van der Waals surface area contributed by atoms with Crippen LogP contribution in [0.5, 0.6) is 0 Å². The molecule has 0 aliphatic heterocycles. The molecule has 6 heteroatoms. The van der Waals surface area contributed by atoms with Gasteiger partial charge < -0.3 is 16.0 Å². The van der Waals surface area contributed by atoms with Gasteiger partial charge in [-0.1, -0.05) is 6.92 Å². The van der Waals surface area contributed by atoms with Crippen LogP contribution in [-0.2, 0) is 4.79 Å². The van der Waals surface area contributed by atoms with Gasteiger partial charge in [-0.05, 0) is 13.3 Å². The lowest BCUT2D eigenvalue weighted by molar-refractivity contribution is -0.119. The fourth-order valence-electron chi connectivity index (χ4n) is 1.45. The summed E-state index contributed by atoms with van der Waals surface area (Å²) >= 11 is 0. The van der Waals surface area contributed by atoms with E-state index in [0.29, 0.717) is 18.2 Å². The minimum absolute atomic E-state index is 0.0223. The molecule has 0 aromatic carbocycles. The van der Waals surface area contributed by atoms with E-state index in [-0.39, 0.29) is 12.5 Å². The van der Waals surface area contributed by atoms with E-state index in [2.05, 4.69) is 15.3 Å². The molecule has 0 fully saturated rings. The summed E-state index contributed by atoms with van der Waals surface area (Å²) in [6.07, 6.45) is 2.33. The summed E-state index contributed by atoms with van der Waals surface area (Å²) in [5.74, 6) is 1.10. The summed E-state index contributed by atoms with van der Waals surface area (Å²) < 4.78 is 0. The number of likely N-dealkylation sites (N-methyl/N-ethyl adjacent to an activating group) is 1. The van der Waals surface area contributed by atoms with E-state index in [1.54, 1.807) is 11.9 Å². The third kappa shape index (κ3) is 3.58. The number of amides is 1. The molecule has 0 radical (unpaired) electrons. The summed E-state index contributed by atoms with van der Waals surface area (Å²) in [6, 6.07) is 0. The lowest BCUT2D eigenvalue weighted by Crippen LogP contribution is -2.36. The fraction of sp³-hybridized carbons (Fsp3) is 0.545. The Bertz CT molecular complexity index is 393. The number of nitrogens with one attached hydrogen (secondary N) is 1. The Labute approximate surface area is 101 Å². The molecular weight excluding hydrogens is 218 g/mol. The van der Waals surface area contributed by atoms with Crippen LogP contribution < -0.4 is 16.0 Å². The standard InChI is InChI=1S/C11H19N5O/c1-4-5-13-9(17)6-16(3)11-8(2)10(12)14-7-15-11/h7H,4-6H2,1-3H3,(H,13,17)(H2,12,14,15). The van der Waals surface area contributed by atoms with Gasteiger partial charge in [0.2, 0.25) is 5.91 Å². The van der Waals surface area contributed by atoms with E-state index in [9.17, 15) is 4.79 Å². The van der Waals surface area contributed by atoms with Gasteiger partial charge >= 0.3 is 0 Å². The zero-order valence-corrected chi connectivity index (χ0v) is 10.5. The largest absolute Gasteiger partial charge is 0.383 e. The maximum absolute atomic E-state index is 11.6. The maximum Gasteiger partial charge on any atom is 0.239 e. The van der Waals surface area contributed by atoms with Crippen molar-refractivity contribution in [1.82, 2.24) is 15.3 Å². The first kappa shape index (κ1) is 13.2. The van der Waals surface area contributed by atoms with Gasteiger partial charge in [0.25, 0.3) is 0 Å². The number of nitrogens with two attached hydrogens (primary N) is 1. The van der Waals surface area contributed by atoms with Gasteiger partial charge in [0.1, 0.15) is 18.0 Å². The Morgan fingerprint density at radius 2 is 2.24 bits per heavy atom. The lowest BCUT2D eigenvalue weighted by atomic mass is 10.3. The number of hydrogen-bond donors (Lipinski definition) is 2. The molecule has 6 nitrogen and oxygen atoms in total. The second kappa shape index (κ2) is 6.03. The zero-order chi connectivity index (χ0) is 12.8. The van der Waals surface area contributed by atoms with E-state index >= 15 is 0 Å². The molecule has 1 aromatic rings. The van der Waals surface area contributed by atoms with Gasteiger partial charge in [-0.25, -0.2) is 9.97 Å². The molecule has 94 valence electrons. The monoisotopic (exact) mass is 237 g/mol. The van der Waals surface area contributed by atoms with Crippen LogP contribution in [0.4, 0.5) is 11.6 Å². The van der Waals surface area contributed by atoms with E-state index in [4.69, 9.17) is 5.73 Å². The van der Waals surface area contributed by atoms with Gasteiger partial charge in [0.15, 0.2) is 0 Å². The summed E-state index contributed by atoms with van der Waals surface area (Å²) in [6.45, 7) is 4.80. The van der Waals surface area contributed by atoms with Gasteiger partial charge in [-0.3, -0.25) is 4.79 Å². The van der Waals surface area contributed by atoms with Crippen molar-refractivity contribution in [2.75, 3.05) is 30.8 Å². The van der Waals surface area contributed by atoms with Gasteiger partial charge in [0, 0.05) is 19.2 Å². The van der Waals surface area contributed by atoms with E-state index < -0.39 is 0 Å². The second-order valence-corrected chi connectivity index (χ2v) is 3.91.